The number of hydrogen-bond donors (Lipinski definition) is 1. The van der Waals surface area contributed by atoms with Crippen LogP contribution in [0.2, 0.25) is 5.02 Å². The van der Waals surface area contributed by atoms with Gasteiger partial charge in [-0.3, -0.25) is 0 Å². The Kier molecular flexibility index (Phi) is 1.64. The summed E-state index contributed by atoms with van der Waals surface area (Å²) in [6, 6.07) is 8.48. The van der Waals surface area contributed by atoms with Gasteiger partial charge in [0.25, 0.3) is 0 Å². The van der Waals surface area contributed by atoms with Gasteiger partial charge in [-0.2, -0.15) is 0 Å². The Balaban J connectivity index is 2.28. The third-order valence-corrected chi connectivity index (χ3v) is 3.07. The third kappa shape index (κ3) is 1.08. The van der Waals surface area contributed by atoms with E-state index in [0.717, 1.165) is 18.0 Å². The van der Waals surface area contributed by atoms with E-state index < -0.39 is 0 Å². The summed E-state index contributed by atoms with van der Waals surface area (Å²) in [4.78, 5) is 0. The highest BCUT2D eigenvalue weighted by Gasteiger charge is 2.19. The summed E-state index contributed by atoms with van der Waals surface area (Å²) in [7, 11) is 0. The van der Waals surface area contributed by atoms with E-state index in [1.165, 1.54) is 16.6 Å². The van der Waals surface area contributed by atoms with E-state index in [1.807, 2.05) is 12.1 Å². The minimum absolute atomic E-state index is 0.282. The van der Waals surface area contributed by atoms with Gasteiger partial charge >= 0.3 is 0 Å². The molecule has 0 bridgehead atoms. The van der Waals surface area contributed by atoms with Crippen LogP contribution in [-0.4, -0.2) is 10.6 Å². The van der Waals surface area contributed by atoms with Gasteiger partial charge in [0.1, 0.15) is 0 Å². The molecule has 2 heterocycles. The van der Waals surface area contributed by atoms with E-state index in [-0.39, 0.29) is 6.04 Å². The van der Waals surface area contributed by atoms with Crippen LogP contribution in [0.4, 0.5) is 0 Å². The van der Waals surface area contributed by atoms with E-state index >= 15 is 0 Å². The lowest BCUT2D eigenvalue weighted by Gasteiger charge is -2.02. The van der Waals surface area contributed by atoms with Crippen molar-refractivity contribution in [2.24, 2.45) is 5.73 Å². The zero-order valence-corrected chi connectivity index (χ0v) is 8.46. The fraction of sp³-hybridized carbons (Fsp3) is 0.273. The Hall–Kier alpha value is -0.990. The molecule has 0 aliphatic carbocycles. The van der Waals surface area contributed by atoms with Crippen molar-refractivity contribution in [1.29, 1.82) is 0 Å². The lowest BCUT2D eigenvalue weighted by Crippen LogP contribution is -2.20. The minimum Gasteiger partial charge on any atom is -0.343 e. The van der Waals surface area contributed by atoms with Crippen LogP contribution in [0.1, 0.15) is 5.69 Å². The first-order chi connectivity index (χ1) is 6.74. The molecule has 14 heavy (non-hydrogen) atoms. The number of benzene rings is 1. The number of nitrogens with two attached hydrogens (primary N) is 1. The Morgan fingerprint density at radius 3 is 3.07 bits per heavy atom. The average molecular weight is 207 g/mol. The Morgan fingerprint density at radius 2 is 2.21 bits per heavy atom. The number of rotatable bonds is 0. The van der Waals surface area contributed by atoms with Gasteiger partial charge in [0, 0.05) is 40.6 Å². The van der Waals surface area contributed by atoms with Gasteiger partial charge < -0.3 is 10.3 Å². The van der Waals surface area contributed by atoms with Crippen LogP contribution in [-0.2, 0) is 13.0 Å². The first kappa shape index (κ1) is 8.33. The summed E-state index contributed by atoms with van der Waals surface area (Å²) < 4.78 is 2.29. The molecule has 2 nitrogen and oxygen atoms in total. The summed E-state index contributed by atoms with van der Waals surface area (Å²) in [6.07, 6.45) is 0.978. The second-order valence-electron chi connectivity index (χ2n) is 3.91. The van der Waals surface area contributed by atoms with Crippen LogP contribution >= 0.6 is 11.6 Å². The summed E-state index contributed by atoms with van der Waals surface area (Å²) >= 11 is 5.94. The highest BCUT2D eigenvalue weighted by atomic mass is 35.5. The van der Waals surface area contributed by atoms with E-state index in [4.69, 9.17) is 17.3 Å². The standard InChI is InChI=1S/C11H11ClN2/c12-8-1-2-11-7(3-8)4-10-5-9(13)6-14(10)11/h1-4,9H,5-6,13H2. The molecule has 1 aliphatic rings. The molecular weight excluding hydrogens is 196 g/mol. The molecule has 1 aromatic heterocycles. The normalized spacial score (nSPS) is 20.3. The molecular formula is C11H11ClN2. The molecule has 0 radical (unpaired) electrons. The number of nitrogens with zero attached hydrogens (tertiary/aromatic N) is 1. The molecule has 2 N–H and O–H groups in total. The van der Waals surface area contributed by atoms with Gasteiger partial charge in [-0.25, -0.2) is 0 Å². The molecule has 0 saturated carbocycles. The van der Waals surface area contributed by atoms with Crippen LogP contribution in [0.5, 0.6) is 0 Å². The molecule has 1 atom stereocenters. The van der Waals surface area contributed by atoms with Crippen LogP contribution in [0, 0.1) is 0 Å². The fourth-order valence-electron chi connectivity index (χ4n) is 2.25. The molecule has 2 aromatic rings. The first-order valence-electron chi connectivity index (χ1n) is 4.77. The lowest BCUT2D eigenvalue weighted by atomic mass is 10.2. The summed E-state index contributed by atoms with van der Waals surface area (Å²) in [5.74, 6) is 0. The quantitative estimate of drug-likeness (QED) is 0.704. The number of hydrogen-bond acceptors (Lipinski definition) is 1. The second-order valence-corrected chi connectivity index (χ2v) is 4.35. The molecule has 0 amide bonds. The van der Waals surface area contributed by atoms with E-state index in [0.29, 0.717) is 0 Å². The zero-order valence-electron chi connectivity index (χ0n) is 7.70. The molecule has 0 fully saturated rings. The summed E-state index contributed by atoms with van der Waals surface area (Å²) in [5.41, 5.74) is 8.48. The maximum absolute atomic E-state index is 5.94. The second kappa shape index (κ2) is 2.75. The molecule has 0 saturated heterocycles. The topological polar surface area (TPSA) is 30.9 Å². The molecule has 0 spiro atoms. The molecule has 72 valence electrons. The largest absolute Gasteiger partial charge is 0.343 e. The van der Waals surface area contributed by atoms with Crippen LogP contribution in [0.25, 0.3) is 10.9 Å². The van der Waals surface area contributed by atoms with Gasteiger partial charge in [-0.15, -0.1) is 0 Å². The smallest absolute Gasteiger partial charge is 0.0484 e. The van der Waals surface area contributed by atoms with Gasteiger partial charge in [-0.05, 0) is 24.3 Å². The maximum Gasteiger partial charge on any atom is 0.0484 e. The van der Waals surface area contributed by atoms with Crippen molar-refractivity contribution in [2.75, 3.05) is 0 Å². The lowest BCUT2D eigenvalue weighted by molar-refractivity contribution is 0.652. The minimum atomic E-state index is 0.282. The highest BCUT2D eigenvalue weighted by molar-refractivity contribution is 6.31. The Morgan fingerprint density at radius 1 is 1.36 bits per heavy atom. The number of halogens is 1. The van der Waals surface area contributed by atoms with Gasteiger partial charge in [0.15, 0.2) is 0 Å². The molecule has 3 heteroatoms. The van der Waals surface area contributed by atoms with Crippen molar-refractivity contribution in [3.05, 3.63) is 35.0 Å². The predicted molar refractivity (Wildman–Crippen MR) is 58.6 cm³/mol. The SMILES string of the molecule is NC1Cc2cc3cc(Cl)ccc3n2C1. The summed E-state index contributed by atoms with van der Waals surface area (Å²) in [5, 5.41) is 2.02. The Bertz CT molecular complexity index is 501. The summed E-state index contributed by atoms with van der Waals surface area (Å²) in [6.45, 7) is 0.931. The van der Waals surface area contributed by atoms with E-state index in [9.17, 15) is 0 Å². The monoisotopic (exact) mass is 206 g/mol. The van der Waals surface area contributed by atoms with Gasteiger partial charge in [0.2, 0.25) is 0 Å². The van der Waals surface area contributed by atoms with Crippen molar-refractivity contribution >= 4 is 22.5 Å². The fourth-order valence-corrected chi connectivity index (χ4v) is 2.43. The van der Waals surface area contributed by atoms with Gasteiger partial charge in [0.05, 0.1) is 0 Å². The van der Waals surface area contributed by atoms with E-state index in [2.05, 4.69) is 16.7 Å². The molecule has 3 rings (SSSR count). The van der Waals surface area contributed by atoms with Crippen molar-refractivity contribution in [3.63, 3.8) is 0 Å². The van der Waals surface area contributed by atoms with Crippen molar-refractivity contribution in [2.45, 2.75) is 19.0 Å². The van der Waals surface area contributed by atoms with Crippen LogP contribution in [0.15, 0.2) is 24.3 Å². The van der Waals surface area contributed by atoms with Crippen molar-refractivity contribution in [3.8, 4) is 0 Å². The average Bonchev–Trinajstić information content (AvgIpc) is 2.59. The molecule has 1 aromatic carbocycles. The Labute approximate surface area is 87.3 Å². The van der Waals surface area contributed by atoms with Crippen molar-refractivity contribution in [1.82, 2.24) is 4.57 Å². The molecule has 1 aliphatic heterocycles. The van der Waals surface area contributed by atoms with Crippen molar-refractivity contribution < 1.29 is 0 Å². The molecule has 1 unspecified atom stereocenters. The highest BCUT2D eigenvalue weighted by Crippen LogP contribution is 2.27. The third-order valence-electron chi connectivity index (χ3n) is 2.84. The maximum atomic E-state index is 5.94. The van der Waals surface area contributed by atoms with E-state index in [1.54, 1.807) is 0 Å². The van der Waals surface area contributed by atoms with Crippen LogP contribution < -0.4 is 5.73 Å². The number of fused-ring (bicyclic) bond motifs is 3. The number of aromatic nitrogens is 1. The van der Waals surface area contributed by atoms with Gasteiger partial charge in [-0.1, -0.05) is 11.6 Å². The first-order valence-corrected chi connectivity index (χ1v) is 5.15. The predicted octanol–water partition coefficient (Wildman–Crippen LogP) is 2.18. The zero-order chi connectivity index (χ0) is 9.71. The van der Waals surface area contributed by atoms with Crippen LogP contribution in [0.3, 0.4) is 0 Å².